The molecule has 1 aliphatic rings. The Balaban J connectivity index is 1.59. The maximum atomic E-state index is 12.8. The van der Waals surface area contributed by atoms with Crippen LogP contribution in [0.2, 0.25) is 0 Å². The van der Waals surface area contributed by atoms with Crippen molar-refractivity contribution < 1.29 is 14.6 Å². The summed E-state index contributed by atoms with van der Waals surface area (Å²) in [4.78, 5) is 26.8. The minimum Gasteiger partial charge on any atom is -0.383 e. The van der Waals surface area contributed by atoms with E-state index in [0.717, 1.165) is 19.6 Å². The lowest BCUT2D eigenvalue weighted by molar-refractivity contribution is -0.917. The number of anilines is 1. The van der Waals surface area contributed by atoms with Gasteiger partial charge in [0.15, 0.2) is 0 Å². The Morgan fingerprint density at radius 1 is 1.17 bits per heavy atom. The molecule has 0 atom stereocenters. The number of hydrogen-bond donors (Lipinski definition) is 2. The number of rotatable bonds is 6. The number of benzene rings is 2. The Kier molecular flexibility index (Phi) is 6.49. The number of nitrogens with zero attached hydrogens (tertiary/aromatic N) is 2. The van der Waals surface area contributed by atoms with Crippen LogP contribution in [0.15, 0.2) is 42.5 Å². The second kappa shape index (κ2) is 9.05. The zero-order valence-electron chi connectivity index (χ0n) is 17.3. The van der Waals surface area contributed by atoms with Crippen LogP contribution in [0.25, 0.3) is 0 Å². The molecule has 2 aromatic carbocycles. The number of carbonyl (C=O) groups excluding carboxylic acids is 1. The molecule has 29 heavy (non-hydrogen) atoms. The van der Waals surface area contributed by atoms with E-state index < -0.39 is 4.92 Å². The van der Waals surface area contributed by atoms with Gasteiger partial charge in [-0.15, -0.1) is 0 Å². The Morgan fingerprint density at radius 3 is 2.38 bits per heavy atom. The van der Waals surface area contributed by atoms with Gasteiger partial charge < -0.3 is 15.1 Å². The highest BCUT2D eigenvalue weighted by Crippen LogP contribution is 2.25. The molecule has 1 heterocycles. The van der Waals surface area contributed by atoms with Crippen LogP contribution in [-0.2, 0) is 6.54 Å². The van der Waals surface area contributed by atoms with Crippen molar-refractivity contribution in [3.8, 4) is 0 Å². The van der Waals surface area contributed by atoms with E-state index in [1.54, 1.807) is 24.1 Å². The van der Waals surface area contributed by atoms with Gasteiger partial charge in [-0.05, 0) is 23.6 Å². The minimum absolute atomic E-state index is 0.0764. The number of amides is 1. The van der Waals surface area contributed by atoms with Gasteiger partial charge in [-0.3, -0.25) is 14.9 Å². The Labute approximate surface area is 171 Å². The number of nitro benzene ring substituents is 1. The van der Waals surface area contributed by atoms with E-state index in [0.29, 0.717) is 30.3 Å². The van der Waals surface area contributed by atoms with Crippen LogP contribution in [0, 0.1) is 10.1 Å². The summed E-state index contributed by atoms with van der Waals surface area (Å²) < 4.78 is 0. The van der Waals surface area contributed by atoms with Crippen molar-refractivity contribution in [2.24, 2.45) is 0 Å². The van der Waals surface area contributed by atoms with Crippen molar-refractivity contribution in [1.82, 2.24) is 4.90 Å². The van der Waals surface area contributed by atoms with E-state index in [4.69, 9.17) is 0 Å². The lowest BCUT2D eigenvalue weighted by Crippen LogP contribution is -3.13. The van der Waals surface area contributed by atoms with Crippen LogP contribution in [0.4, 0.5) is 11.4 Å². The van der Waals surface area contributed by atoms with Crippen molar-refractivity contribution in [2.75, 3.05) is 38.5 Å². The maximum Gasteiger partial charge on any atom is 0.293 e. The van der Waals surface area contributed by atoms with Gasteiger partial charge in [0.05, 0.1) is 31.1 Å². The van der Waals surface area contributed by atoms with E-state index in [9.17, 15) is 14.9 Å². The highest BCUT2D eigenvalue weighted by Gasteiger charge is 2.26. The van der Waals surface area contributed by atoms with Crippen LogP contribution in [0.3, 0.4) is 0 Å². The van der Waals surface area contributed by atoms with Gasteiger partial charge in [0, 0.05) is 24.2 Å². The average molecular weight is 397 g/mol. The highest BCUT2D eigenvalue weighted by molar-refractivity contribution is 5.95. The molecule has 3 rings (SSSR count). The molecular weight excluding hydrogens is 368 g/mol. The van der Waals surface area contributed by atoms with Gasteiger partial charge in [-0.1, -0.05) is 38.1 Å². The van der Waals surface area contributed by atoms with E-state index in [-0.39, 0.29) is 11.6 Å². The molecule has 2 N–H and O–H groups in total. The Morgan fingerprint density at radius 2 is 1.83 bits per heavy atom. The van der Waals surface area contributed by atoms with E-state index in [1.165, 1.54) is 22.1 Å². The maximum absolute atomic E-state index is 12.8. The molecule has 7 nitrogen and oxygen atoms in total. The summed E-state index contributed by atoms with van der Waals surface area (Å²) in [6.45, 7) is 8.37. The molecule has 1 amide bonds. The number of quaternary nitrogens is 1. The lowest BCUT2D eigenvalue weighted by atomic mass is 10.0. The number of nitro groups is 1. The quantitative estimate of drug-likeness (QED) is 0.579. The normalized spacial score (nSPS) is 14.8. The first kappa shape index (κ1) is 20.8. The SMILES string of the molecule is CNc1ccc(C(=O)N2CC[NH+](Cc3ccc(C(C)C)cc3)CC2)cc1[N+](=O)[O-]. The van der Waals surface area contributed by atoms with Crippen molar-refractivity contribution in [2.45, 2.75) is 26.3 Å². The summed E-state index contributed by atoms with van der Waals surface area (Å²) in [5.41, 5.74) is 3.35. The largest absolute Gasteiger partial charge is 0.383 e. The topological polar surface area (TPSA) is 79.9 Å². The zero-order valence-corrected chi connectivity index (χ0v) is 17.3. The zero-order chi connectivity index (χ0) is 21.0. The third-order valence-corrected chi connectivity index (χ3v) is 5.57. The van der Waals surface area contributed by atoms with E-state index in [2.05, 4.69) is 43.4 Å². The van der Waals surface area contributed by atoms with Crippen LogP contribution in [0.5, 0.6) is 0 Å². The molecule has 0 radical (unpaired) electrons. The molecule has 1 saturated heterocycles. The lowest BCUT2D eigenvalue weighted by Gasteiger charge is -2.32. The first-order valence-electron chi connectivity index (χ1n) is 10.1. The molecule has 0 aliphatic carbocycles. The third kappa shape index (κ3) is 4.92. The fourth-order valence-electron chi connectivity index (χ4n) is 3.72. The first-order chi connectivity index (χ1) is 13.9. The molecule has 0 spiro atoms. The molecule has 1 aliphatic heterocycles. The standard InChI is InChI=1S/C22H28N4O3/c1-16(2)18-6-4-17(5-7-18)15-24-10-12-25(13-11-24)22(27)19-8-9-20(23-3)21(14-19)26(28)29/h4-9,14,16,23H,10-13,15H2,1-3H3/p+1. The highest BCUT2D eigenvalue weighted by atomic mass is 16.6. The summed E-state index contributed by atoms with van der Waals surface area (Å²) in [5.74, 6) is 0.389. The fraction of sp³-hybridized carbons (Fsp3) is 0.409. The number of hydrogen-bond acceptors (Lipinski definition) is 4. The summed E-state index contributed by atoms with van der Waals surface area (Å²) in [6.07, 6.45) is 0. The van der Waals surface area contributed by atoms with Crippen LogP contribution in [-0.4, -0.2) is 49.0 Å². The second-order valence-corrected chi connectivity index (χ2v) is 7.85. The summed E-state index contributed by atoms with van der Waals surface area (Å²) in [5, 5.41) is 14.0. The molecule has 0 bridgehead atoms. The molecule has 2 aromatic rings. The summed E-state index contributed by atoms with van der Waals surface area (Å²) in [6, 6.07) is 13.4. The van der Waals surface area contributed by atoms with Crippen molar-refractivity contribution in [1.29, 1.82) is 0 Å². The van der Waals surface area contributed by atoms with Gasteiger partial charge in [0.25, 0.3) is 11.6 Å². The number of piperazine rings is 1. The Bertz CT molecular complexity index is 872. The Hall–Kier alpha value is -2.93. The fourth-order valence-corrected chi connectivity index (χ4v) is 3.72. The average Bonchev–Trinajstić information content (AvgIpc) is 2.73. The molecule has 154 valence electrons. The summed E-state index contributed by atoms with van der Waals surface area (Å²) in [7, 11) is 1.63. The van der Waals surface area contributed by atoms with Crippen molar-refractivity contribution in [3.05, 3.63) is 69.3 Å². The van der Waals surface area contributed by atoms with E-state index in [1.807, 2.05) is 0 Å². The van der Waals surface area contributed by atoms with Gasteiger partial charge in [-0.25, -0.2) is 0 Å². The minimum atomic E-state index is -0.463. The van der Waals surface area contributed by atoms with Gasteiger partial charge in [0.1, 0.15) is 12.2 Å². The van der Waals surface area contributed by atoms with E-state index >= 15 is 0 Å². The van der Waals surface area contributed by atoms with Gasteiger partial charge in [0.2, 0.25) is 0 Å². The van der Waals surface area contributed by atoms with Crippen LogP contribution in [0.1, 0.15) is 41.3 Å². The van der Waals surface area contributed by atoms with Crippen molar-refractivity contribution >= 4 is 17.3 Å². The van der Waals surface area contributed by atoms with Crippen molar-refractivity contribution in [3.63, 3.8) is 0 Å². The van der Waals surface area contributed by atoms with Crippen LogP contribution < -0.4 is 10.2 Å². The van der Waals surface area contributed by atoms with Gasteiger partial charge >= 0.3 is 0 Å². The molecule has 7 heteroatoms. The first-order valence-corrected chi connectivity index (χ1v) is 10.1. The second-order valence-electron chi connectivity index (χ2n) is 7.85. The molecule has 0 saturated carbocycles. The monoisotopic (exact) mass is 397 g/mol. The van der Waals surface area contributed by atoms with Crippen LogP contribution >= 0.6 is 0 Å². The molecule has 0 unspecified atom stereocenters. The number of carbonyl (C=O) groups is 1. The predicted octanol–water partition coefficient (Wildman–Crippen LogP) is 2.30. The molecular formula is C22H29N4O3+. The summed E-state index contributed by atoms with van der Waals surface area (Å²) >= 11 is 0. The molecule has 1 fully saturated rings. The smallest absolute Gasteiger partial charge is 0.293 e. The third-order valence-electron chi connectivity index (χ3n) is 5.57. The number of nitrogens with one attached hydrogen (secondary N) is 2. The van der Waals surface area contributed by atoms with Gasteiger partial charge in [-0.2, -0.15) is 0 Å². The predicted molar refractivity (Wildman–Crippen MR) is 113 cm³/mol. The molecule has 0 aromatic heterocycles.